The zero-order chi connectivity index (χ0) is 21.5. The molecule has 0 bridgehead atoms. The summed E-state index contributed by atoms with van der Waals surface area (Å²) >= 11 is 4.74. The smallest absolute Gasteiger partial charge is 0.253 e. The first-order valence-electron chi connectivity index (χ1n) is 10.4. The quantitative estimate of drug-likeness (QED) is 0.327. The number of thioether (sulfide) groups is 1. The Morgan fingerprint density at radius 3 is 2.72 bits per heavy atom. The van der Waals surface area contributed by atoms with Gasteiger partial charge in [-0.1, -0.05) is 23.9 Å². The van der Waals surface area contributed by atoms with Crippen LogP contribution in [0.3, 0.4) is 0 Å². The summed E-state index contributed by atoms with van der Waals surface area (Å²) in [5.41, 5.74) is 0.799. The molecule has 1 aliphatic carbocycles. The van der Waals surface area contributed by atoms with Gasteiger partial charge in [-0.2, -0.15) is 5.10 Å². The highest BCUT2D eigenvalue weighted by atomic mass is 32.2. The number of carbonyl (C=O) groups is 1. The molecule has 1 atom stereocenters. The molecule has 1 fully saturated rings. The molecule has 1 aliphatic heterocycles. The molecular formula is C22H19N5O2S3. The van der Waals surface area contributed by atoms with E-state index in [1.54, 1.807) is 33.9 Å². The summed E-state index contributed by atoms with van der Waals surface area (Å²) in [4.78, 5) is 15.5. The molecule has 0 radical (unpaired) electrons. The Balaban J connectivity index is 1.23. The molecule has 5 heterocycles. The second-order valence-corrected chi connectivity index (χ2v) is 10.5. The number of carbonyl (C=O) groups excluding carboxylic acids is 1. The number of hydrazone groups is 1. The molecule has 0 aromatic carbocycles. The second kappa shape index (κ2) is 8.34. The van der Waals surface area contributed by atoms with Gasteiger partial charge in [-0.05, 0) is 47.9 Å². The summed E-state index contributed by atoms with van der Waals surface area (Å²) in [6.07, 6.45) is 4.53. The van der Waals surface area contributed by atoms with Crippen molar-refractivity contribution in [3.63, 3.8) is 0 Å². The number of thiophene rings is 2. The molecule has 1 unspecified atom stereocenters. The van der Waals surface area contributed by atoms with Crippen LogP contribution in [0.5, 0.6) is 0 Å². The maximum absolute atomic E-state index is 13.3. The Bertz CT molecular complexity index is 1240. The molecule has 0 spiro atoms. The van der Waals surface area contributed by atoms with Crippen molar-refractivity contribution >= 4 is 46.1 Å². The van der Waals surface area contributed by atoms with E-state index in [1.165, 1.54) is 11.8 Å². The molecule has 4 aromatic rings. The third-order valence-corrected chi connectivity index (χ3v) is 8.25. The highest BCUT2D eigenvalue weighted by molar-refractivity contribution is 7.99. The van der Waals surface area contributed by atoms with Gasteiger partial charge in [-0.15, -0.1) is 32.9 Å². The van der Waals surface area contributed by atoms with Crippen LogP contribution in [0.1, 0.15) is 42.0 Å². The second-order valence-electron chi connectivity index (χ2n) is 7.67. The first-order valence-corrected chi connectivity index (χ1v) is 13.1. The first-order chi connectivity index (χ1) is 15.8. The number of amides is 1. The Morgan fingerprint density at radius 1 is 1.12 bits per heavy atom. The van der Waals surface area contributed by atoms with Gasteiger partial charge in [0, 0.05) is 17.3 Å². The number of rotatable bonds is 7. The first kappa shape index (κ1) is 20.0. The van der Waals surface area contributed by atoms with Crippen molar-refractivity contribution in [2.24, 2.45) is 5.10 Å². The molecule has 6 rings (SSSR count). The van der Waals surface area contributed by atoms with Crippen LogP contribution in [0, 0.1) is 0 Å². The van der Waals surface area contributed by atoms with Crippen LogP contribution >= 0.6 is 34.4 Å². The van der Waals surface area contributed by atoms with Crippen LogP contribution in [-0.4, -0.2) is 37.1 Å². The minimum absolute atomic E-state index is 0.0435. The number of nitrogens with zero attached hydrogens (tertiary/aromatic N) is 5. The maximum atomic E-state index is 13.3. The van der Waals surface area contributed by atoms with Gasteiger partial charge in [0.1, 0.15) is 11.5 Å². The number of hydrogen-bond acceptors (Lipinski definition) is 8. The van der Waals surface area contributed by atoms with Crippen LogP contribution in [-0.2, 0) is 4.79 Å². The third-order valence-electron chi connectivity index (χ3n) is 5.49. The number of aromatic nitrogens is 3. The standard InChI is InChI=1S/C22H19N5O2S3/c28-20(13-32-22-24-23-21(19-6-3-11-31-19)26(22)14-7-8-14)27-16(18-5-2-10-30-18)12-15(25-27)17-4-1-9-29-17/h1-6,9-11,14,16H,7-8,12-13H2. The zero-order valence-electron chi connectivity index (χ0n) is 17.0. The normalized spacial score (nSPS) is 18.3. The van der Waals surface area contributed by atoms with Gasteiger partial charge in [-0.25, -0.2) is 5.01 Å². The predicted molar refractivity (Wildman–Crippen MR) is 126 cm³/mol. The van der Waals surface area contributed by atoms with Crippen molar-refractivity contribution in [2.75, 3.05) is 5.75 Å². The van der Waals surface area contributed by atoms with E-state index in [9.17, 15) is 4.79 Å². The van der Waals surface area contributed by atoms with Crippen LogP contribution in [0.2, 0.25) is 0 Å². The van der Waals surface area contributed by atoms with Gasteiger partial charge >= 0.3 is 0 Å². The lowest BCUT2D eigenvalue weighted by Crippen LogP contribution is -2.28. The lowest BCUT2D eigenvalue weighted by atomic mass is 10.1. The fourth-order valence-corrected chi connectivity index (χ4v) is 6.21. The summed E-state index contributed by atoms with van der Waals surface area (Å²) in [5.74, 6) is 1.82. The van der Waals surface area contributed by atoms with Gasteiger partial charge < -0.3 is 4.42 Å². The zero-order valence-corrected chi connectivity index (χ0v) is 19.4. The van der Waals surface area contributed by atoms with E-state index in [-0.39, 0.29) is 17.7 Å². The van der Waals surface area contributed by atoms with Gasteiger partial charge in [0.15, 0.2) is 11.0 Å². The summed E-state index contributed by atoms with van der Waals surface area (Å²) in [6.45, 7) is 0. The Kier molecular flexibility index (Phi) is 5.20. The molecular weight excluding hydrogens is 462 g/mol. The lowest BCUT2D eigenvalue weighted by Gasteiger charge is -2.20. The van der Waals surface area contributed by atoms with Crippen LogP contribution in [0.4, 0.5) is 0 Å². The van der Waals surface area contributed by atoms with Crippen LogP contribution in [0.25, 0.3) is 10.7 Å². The molecule has 0 N–H and O–H groups in total. The monoisotopic (exact) mass is 481 g/mol. The fourth-order valence-electron chi connectivity index (χ4n) is 3.84. The van der Waals surface area contributed by atoms with E-state index in [4.69, 9.17) is 4.42 Å². The minimum atomic E-state index is -0.105. The van der Waals surface area contributed by atoms with E-state index in [2.05, 4.69) is 32.0 Å². The molecule has 1 saturated carbocycles. The van der Waals surface area contributed by atoms with E-state index in [0.717, 1.165) is 39.3 Å². The summed E-state index contributed by atoms with van der Waals surface area (Å²) in [6, 6.07) is 12.2. The number of hydrogen-bond donors (Lipinski definition) is 0. The molecule has 7 nitrogen and oxygen atoms in total. The van der Waals surface area contributed by atoms with Crippen molar-refractivity contribution in [2.45, 2.75) is 36.5 Å². The Labute approximate surface area is 196 Å². The SMILES string of the molecule is O=C(CSc1nnc(-c2cccs2)n1C1CC1)N1N=C(c2ccco2)CC1c1cccs1. The molecule has 1 amide bonds. The molecule has 2 aliphatic rings. The highest BCUT2D eigenvalue weighted by Gasteiger charge is 2.35. The Hall–Kier alpha value is -2.69. The third kappa shape index (κ3) is 3.72. The molecule has 4 aromatic heterocycles. The summed E-state index contributed by atoms with van der Waals surface area (Å²) in [7, 11) is 0. The van der Waals surface area contributed by atoms with E-state index in [1.807, 2.05) is 35.0 Å². The lowest BCUT2D eigenvalue weighted by molar-refractivity contribution is -0.130. The van der Waals surface area contributed by atoms with Gasteiger partial charge in [0.25, 0.3) is 5.91 Å². The predicted octanol–water partition coefficient (Wildman–Crippen LogP) is 5.47. The Morgan fingerprint density at radius 2 is 2.00 bits per heavy atom. The molecule has 10 heteroatoms. The van der Waals surface area contributed by atoms with Crippen molar-refractivity contribution in [1.29, 1.82) is 0 Å². The van der Waals surface area contributed by atoms with E-state index in [0.29, 0.717) is 18.2 Å². The molecule has 162 valence electrons. The maximum Gasteiger partial charge on any atom is 0.253 e. The molecule has 32 heavy (non-hydrogen) atoms. The topological polar surface area (TPSA) is 76.5 Å². The average molecular weight is 482 g/mol. The van der Waals surface area contributed by atoms with Gasteiger partial charge in [-0.3, -0.25) is 9.36 Å². The van der Waals surface area contributed by atoms with Gasteiger partial charge in [0.2, 0.25) is 0 Å². The van der Waals surface area contributed by atoms with Crippen molar-refractivity contribution in [3.8, 4) is 10.7 Å². The highest BCUT2D eigenvalue weighted by Crippen LogP contribution is 2.42. The van der Waals surface area contributed by atoms with E-state index < -0.39 is 0 Å². The fraction of sp³-hybridized carbons (Fsp3) is 0.273. The molecule has 0 saturated heterocycles. The van der Waals surface area contributed by atoms with Crippen molar-refractivity contribution in [3.05, 3.63) is 64.1 Å². The summed E-state index contributed by atoms with van der Waals surface area (Å²) < 4.78 is 7.73. The van der Waals surface area contributed by atoms with Gasteiger partial charge in [0.05, 0.1) is 22.9 Å². The van der Waals surface area contributed by atoms with Crippen LogP contribution < -0.4 is 0 Å². The summed E-state index contributed by atoms with van der Waals surface area (Å²) in [5, 5.41) is 20.0. The average Bonchev–Trinajstić information content (AvgIpc) is 3.45. The minimum Gasteiger partial charge on any atom is -0.463 e. The number of furan rings is 1. The van der Waals surface area contributed by atoms with E-state index >= 15 is 0 Å². The van der Waals surface area contributed by atoms with Crippen molar-refractivity contribution in [1.82, 2.24) is 19.8 Å². The largest absolute Gasteiger partial charge is 0.463 e. The van der Waals surface area contributed by atoms with Crippen molar-refractivity contribution < 1.29 is 9.21 Å². The van der Waals surface area contributed by atoms with Crippen LogP contribution in [0.15, 0.2) is 68.1 Å².